The SMILES string of the molecule is CNCC1CCCN1S(=O)(=O)c1ccc2c(c1)C(=O)N(C)C2=O.Cl. The van der Waals surface area contributed by atoms with Crippen molar-refractivity contribution < 1.29 is 18.0 Å². The highest BCUT2D eigenvalue weighted by Gasteiger charge is 2.38. The number of hydrogen-bond donors (Lipinski definition) is 1. The molecule has 1 unspecified atom stereocenters. The van der Waals surface area contributed by atoms with E-state index in [-0.39, 0.29) is 34.5 Å². The van der Waals surface area contributed by atoms with Gasteiger partial charge in [0.05, 0.1) is 16.0 Å². The summed E-state index contributed by atoms with van der Waals surface area (Å²) in [5.41, 5.74) is 0.410. The summed E-state index contributed by atoms with van der Waals surface area (Å²) in [7, 11) is -0.497. The molecule has 0 radical (unpaired) electrons. The topological polar surface area (TPSA) is 86.8 Å². The van der Waals surface area contributed by atoms with Crippen LogP contribution in [0, 0.1) is 0 Å². The van der Waals surface area contributed by atoms with E-state index in [1.807, 2.05) is 0 Å². The Morgan fingerprint density at radius 3 is 2.54 bits per heavy atom. The normalized spacial score (nSPS) is 21.1. The Morgan fingerprint density at radius 1 is 1.21 bits per heavy atom. The summed E-state index contributed by atoms with van der Waals surface area (Å²) < 4.78 is 27.2. The Hall–Kier alpha value is -1.48. The van der Waals surface area contributed by atoms with Crippen molar-refractivity contribution in [1.29, 1.82) is 0 Å². The predicted molar refractivity (Wildman–Crippen MR) is 91.0 cm³/mol. The summed E-state index contributed by atoms with van der Waals surface area (Å²) >= 11 is 0. The van der Waals surface area contributed by atoms with Crippen molar-refractivity contribution in [3.63, 3.8) is 0 Å². The van der Waals surface area contributed by atoms with Crippen LogP contribution in [0.25, 0.3) is 0 Å². The highest BCUT2D eigenvalue weighted by Crippen LogP contribution is 2.29. The van der Waals surface area contributed by atoms with Crippen LogP contribution in [0.4, 0.5) is 0 Å². The first kappa shape index (κ1) is 18.9. The lowest BCUT2D eigenvalue weighted by molar-refractivity contribution is 0.0693. The minimum absolute atomic E-state index is 0. The van der Waals surface area contributed by atoms with E-state index in [1.165, 1.54) is 29.6 Å². The third-order valence-corrected chi connectivity index (χ3v) is 6.38. The zero-order chi connectivity index (χ0) is 16.8. The molecule has 0 spiro atoms. The van der Waals surface area contributed by atoms with Gasteiger partial charge in [-0.1, -0.05) is 0 Å². The first-order valence-corrected chi connectivity index (χ1v) is 8.95. The average Bonchev–Trinajstić information content (AvgIpc) is 3.08. The zero-order valence-electron chi connectivity index (χ0n) is 13.5. The van der Waals surface area contributed by atoms with E-state index in [9.17, 15) is 18.0 Å². The summed E-state index contributed by atoms with van der Waals surface area (Å²) in [5.74, 6) is -0.863. The minimum Gasteiger partial charge on any atom is -0.318 e. The molecular weight excluding hydrogens is 354 g/mol. The Kier molecular flexibility index (Phi) is 5.34. The molecule has 1 atom stereocenters. The summed E-state index contributed by atoms with van der Waals surface area (Å²) in [6, 6.07) is 4.07. The van der Waals surface area contributed by atoms with Crippen LogP contribution >= 0.6 is 12.4 Å². The summed E-state index contributed by atoms with van der Waals surface area (Å²) in [6.07, 6.45) is 1.63. The van der Waals surface area contributed by atoms with E-state index < -0.39 is 21.8 Å². The number of sulfonamides is 1. The molecule has 1 N–H and O–H groups in total. The van der Waals surface area contributed by atoms with Crippen LogP contribution in [0.3, 0.4) is 0 Å². The molecule has 0 aromatic heterocycles. The molecular formula is C15H20ClN3O4S. The number of nitrogens with zero attached hydrogens (tertiary/aromatic N) is 2. The van der Waals surface area contributed by atoms with Gasteiger partial charge in [-0.15, -0.1) is 12.4 Å². The predicted octanol–water partition coefficient (Wildman–Crippen LogP) is 0.707. The molecule has 24 heavy (non-hydrogen) atoms. The number of rotatable bonds is 4. The monoisotopic (exact) mass is 373 g/mol. The van der Waals surface area contributed by atoms with Gasteiger partial charge < -0.3 is 5.32 Å². The summed E-state index contributed by atoms with van der Waals surface area (Å²) in [6.45, 7) is 1.06. The van der Waals surface area contributed by atoms with Gasteiger partial charge in [-0.3, -0.25) is 14.5 Å². The standard InChI is InChI=1S/C15H19N3O4S.ClH/c1-16-9-10-4-3-7-18(10)23(21,22)11-5-6-12-13(8-11)15(20)17(2)14(12)19;/h5-6,8,10,16H,3-4,7,9H2,1-2H3;1H. The smallest absolute Gasteiger partial charge is 0.261 e. The van der Waals surface area contributed by atoms with Gasteiger partial charge in [0, 0.05) is 26.2 Å². The van der Waals surface area contributed by atoms with Crippen LogP contribution in [0.2, 0.25) is 0 Å². The van der Waals surface area contributed by atoms with Gasteiger partial charge in [0.2, 0.25) is 10.0 Å². The highest BCUT2D eigenvalue weighted by atomic mass is 35.5. The molecule has 132 valence electrons. The van der Waals surface area contributed by atoms with Gasteiger partial charge >= 0.3 is 0 Å². The Labute approximate surface area is 147 Å². The number of likely N-dealkylation sites (N-methyl/N-ethyl adjacent to an activating group) is 1. The number of amides is 2. The van der Waals surface area contributed by atoms with Crippen molar-refractivity contribution in [3.8, 4) is 0 Å². The van der Waals surface area contributed by atoms with Crippen LogP contribution in [0.15, 0.2) is 23.1 Å². The molecule has 2 amide bonds. The van der Waals surface area contributed by atoms with E-state index in [4.69, 9.17) is 0 Å². The van der Waals surface area contributed by atoms with E-state index in [0.29, 0.717) is 13.1 Å². The third kappa shape index (κ3) is 2.83. The first-order chi connectivity index (χ1) is 10.9. The quantitative estimate of drug-likeness (QED) is 0.785. The summed E-state index contributed by atoms with van der Waals surface area (Å²) in [5, 5.41) is 3.01. The number of hydrogen-bond acceptors (Lipinski definition) is 5. The van der Waals surface area contributed by atoms with Gasteiger partial charge in [0.1, 0.15) is 0 Å². The molecule has 9 heteroatoms. The molecule has 1 saturated heterocycles. The van der Waals surface area contributed by atoms with Crippen LogP contribution in [0.5, 0.6) is 0 Å². The number of fused-ring (bicyclic) bond motifs is 1. The van der Waals surface area contributed by atoms with Crippen molar-refractivity contribution >= 4 is 34.2 Å². The largest absolute Gasteiger partial charge is 0.318 e. The molecule has 1 aromatic rings. The van der Waals surface area contributed by atoms with Crippen LogP contribution in [-0.4, -0.2) is 62.7 Å². The molecule has 2 heterocycles. The zero-order valence-corrected chi connectivity index (χ0v) is 15.1. The number of carbonyl (C=O) groups is 2. The molecule has 1 aromatic carbocycles. The number of benzene rings is 1. The van der Waals surface area contributed by atoms with Gasteiger partial charge in [0.15, 0.2) is 0 Å². The van der Waals surface area contributed by atoms with Crippen LogP contribution < -0.4 is 5.32 Å². The maximum atomic E-state index is 12.9. The fourth-order valence-electron chi connectivity index (χ4n) is 3.20. The molecule has 2 aliphatic rings. The maximum Gasteiger partial charge on any atom is 0.261 e. The second kappa shape index (κ2) is 6.79. The fraction of sp³-hybridized carbons (Fsp3) is 0.467. The Balaban J connectivity index is 0.00000208. The second-order valence-corrected chi connectivity index (χ2v) is 7.74. The van der Waals surface area contributed by atoms with E-state index in [1.54, 1.807) is 7.05 Å². The van der Waals surface area contributed by atoms with Gasteiger partial charge in [-0.05, 0) is 38.1 Å². The van der Waals surface area contributed by atoms with Crippen molar-refractivity contribution in [2.45, 2.75) is 23.8 Å². The third-order valence-electron chi connectivity index (χ3n) is 4.43. The van der Waals surface area contributed by atoms with Crippen molar-refractivity contribution in [2.75, 3.05) is 27.2 Å². The maximum absolute atomic E-state index is 12.9. The van der Waals surface area contributed by atoms with Gasteiger partial charge in [0.25, 0.3) is 11.8 Å². The minimum atomic E-state index is -3.68. The number of carbonyl (C=O) groups excluding carboxylic acids is 2. The lowest BCUT2D eigenvalue weighted by Crippen LogP contribution is -2.40. The van der Waals surface area contributed by atoms with E-state index in [0.717, 1.165) is 17.7 Å². The number of nitrogens with one attached hydrogen (secondary N) is 1. The average molecular weight is 374 g/mol. The second-order valence-electron chi connectivity index (χ2n) is 5.85. The molecule has 3 rings (SSSR count). The molecule has 0 saturated carbocycles. The molecule has 0 bridgehead atoms. The molecule has 1 fully saturated rings. The lowest BCUT2D eigenvalue weighted by atomic mass is 10.1. The van der Waals surface area contributed by atoms with Crippen LogP contribution in [0.1, 0.15) is 33.6 Å². The van der Waals surface area contributed by atoms with Crippen LogP contribution in [-0.2, 0) is 10.0 Å². The van der Waals surface area contributed by atoms with Crippen molar-refractivity contribution in [3.05, 3.63) is 29.3 Å². The number of halogens is 1. The highest BCUT2D eigenvalue weighted by molar-refractivity contribution is 7.89. The lowest BCUT2D eigenvalue weighted by Gasteiger charge is -2.24. The fourth-order valence-corrected chi connectivity index (χ4v) is 4.92. The van der Waals surface area contributed by atoms with Crippen molar-refractivity contribution in [1.82, 2.24) is 14.5 Å². The van der Waals surface area contributed by atoms with E-state index in [2.05, 4.69) is 5.32 Å². The molecule has 7 nitrogen and oxygen atoms in total. The van der Waals surface area contributed by atoms with E-state index >= 15 is 0 Å². The summed E-state index contributed by atoms with van der Waals surface area (Å²) in [4.78, 5) is 25.0. The molecule has 2 aliphatic heterocycles. The Morgan fingerprint density at radius 2 is 1.88 bits per heavy atom. The van der Waals surface area contributed by atoms with Gasteiger partial charge in [-0.2, -0.15) is 4.31 Å². The Bertz CT molecular complexity index is 781. The molecule has 0 aliphatic carbocycles. The number of imide groups is 1. The van der Waals surface area contributed by atoms with Gasteiger partial charge in [-0.25, -0.2) is 8.42 Å². The first-order valence-electron chi connectivity index (χ1n) is 7.51. The van der Waals surface area contributed by atoms with Crippen molar-refractivity contribution in [2.24, 2.45) is 0 Å².